The number of aromatic amines is 1. The highest BCUT2D eigenvalue weighted by molar-refractivity contribution is 5.89. The average Bonchev–Trinajstić information content (AvgIpc) is 3.32. The fourth-order valence-corrected chi connectivity index (χ4v) is 3.81. The summed E-state index contributed by atoms with van der Waals surface area (Å²) >= 11 is 0. The van der Waals surface area contributed by atoms with Crippen LogP contribution in [0.15, 0.2) is 54.7 Å². The van der Waals surface area contributed by atoms with Crippen molar-refractivity contribution >= 4 is 10.9 Å². The zero-order chi connectivity index (χ0) is 19.3. The molecule has 1 saturated heterocycles. The van der Waals surface area contributed by atoms with Gasteiger partial charge in [0.05, 0.1) is 6.10 Å². The Kier molecular flexibility index (Phi) is 5.88. The molecule has 1 atom stereocenters. The van der Waals surface area contributed by atoms with Crippen LogP contribution in [0.1, 0.15) is 17.5 Å². The van der Waals surface area contributed by atoms with Crippen molar-refractivity contribution in [1.29, 1.82) is 0 Å². The molecule has 1 aromatic heterocycles. The Balaban J connectivity index is 1.42. The minimum Gasteiger partial charge on any atom is -0.488 e. The van der Waals surface area contributed by atoms with Crippen molar-refractivity contribution in [2.24, 2.45) is 0 Å². The van der Waals surface area contributed by atoms with Gasteiger partial charge in [-0.2, -0.15) is 8.78 Å². The van der Waals surface area contributed by atoms with E-state index in [0.717, 1.165) is 41.7 Å². The Morgan fingerprint density at radius 1 is 1.11 bits per heavy atom. The molecule has 0 saturated carbocycles. The van der Waals surface area contributed by atoms with Crippen molar-refractivity contribution in [1.82, 2.24) is 9.88 Å². The summed E-state index contributed by atoms with van der Waals surface area (Å²) < 4.78 is 35.5. The number of aromatic nitrogens is 1. The molecule has 4 rings (SSSR count). The van der Waals surface area contributed by atoms with Crippen LogP contribution in [0.5, 0.6) is 5.75 Å². The summed E-state index contributed by atoms with van der Waals surface area (Å²) in [6, 6.07) is 16.1. The number of nitrogens with zero attached hydrogens (tertiary/aromatic N) is 1. The van der Waals surface area contributed by atoms with Crippen LogP contribution in [0.4, 0.5) is 8.78 Å². The first-order valence-corrected chi connectivity index (χ1v) is 9.60. The Bertz CT molecular complexity index is 898. The highest BCUT2D eigenvalue weighted by Crippen LogP contribution is 2.30. The van der Waals surface area contributed by atoms with E-state index >= 15 is 0 Å². The zero-order valence-electron chi connectivity index (χ0n) is 15.6. The molecular formula is C22H24F2N2O2. The average molecular weight is 386 g/mol. The first-order chi connectivity index (χ1) is 13.7. The minimum absolute atomic E-state index is 0.368. The van der Waals surface area contributed by atoms with E-state index in [1.54, 1.807) is 0 Å². The number of H-pyrrole nitrogens is 1. The van der Waals surface area contributed by atoms with Crippen LogP contribution < -0.4 is 4.74 Å². The van der Waals surface area contributed by atoms with Gasteiger partial charge in [0.15, 0.2) is 0 Å². The molecule has 6 heteroatoms. The lowest BCUT2D eigenvalue weighted by Crippen LogP contribution is -2.26. The molecule has 0 radical (unpaired) electrons. The number of alkyl halides is 2. The second-order valence-corrected chi connectivity index (χ2v) is 7.12. The van der Waals surface area contributed by atoms with Crippen molar-refractivity contribution in [3.05, 3.63) is 65.9 Å². The third kappa shape index (κ3) is 4.51. The number of hydrogen-bond acceptors (Lipinski definition) is 3. The van der Waals surface area contributed by atoms with Crippen LogP contribution >= 0.6 is 0 Å². The van der Waals surface area contributed by atoms with E-state index in [0.29, 0.717) is 19.6 Å². The molecule has 28 heavy (non-hydrogen) atoms. The number of rotatable bonds is 8. The molecule has 4 nitrogen and oxygen atoms in total. The molecule has 1 N–H and O–H groups in total. The van der Waals surface area contributed by atoms with Gasteiger partial charge in [-0.1, -0.05) is 36.4 Å². The maximum atomic E-state index is 12.4. The van der Waals surface area contributed by atoms with Crippen LogP contribution in [0.25, 0.3) is 10.9 Å². The third-order valence-corrected chi connectivity index (χ3v) is 5.21. The van der Waals surface area contributed by atoms with Gasteiger partial charge in [0.25, 0.3) is 0 Å². The summed E-state index contributed by atoms with van der Waals surface area (Å²) in [5.74, 6) is 0.859. The van der Waals surface area contributed by atoms with E-state index in [2.05, 4.69) is 14.6 Å². The summed E-state index contributed by atoms with van der Waals surface area (Å²) in [6.45, 7) is -0.0176. The highest BCUT2D eigenvalue weighted by Gasteiger charge is 2.25. The van der Waals surface area contributed by atoms with Gasteiger partial charge in [-0.25, -0.2) is 0 Å². The van der Waals surface area contributed by atoms with Gasteiger partial charge in [-0.15, -0.1) is 0 Å². The molecule has 0 spiro atoms. The zero-order valence-corrected chi connectivity index (χ0v) is 15.6. The summed E-state index contributed by atoms with van der Waals surface area (Å²) in [4.78, 5) is 5.49. The van der Waals surface area contributed by atoms with Crippen LogP contribution in [0.3, 0.4) is 0 Å². The fraction of sp³-hybridized carbons (Fsp3) is 0.364. The standard InChI is InChI=1S/C22H24F2N2O2/c23-22(24)28-18-10-12-26(14-18)11-9-17-13-25-19-7-4-8-20(21(17)19)27-15-16-5-2-1-3-6-16/h1-8,13,18,22,25H,9-12,14-15H2/t18-/m0/s1. The second kappa shape index (κ2) is 8.71. The predicted octanol–water partition coefficient (Wildman–Crippen LogP) is 4.60. The van der Waals surface area contributed by atoms with Crippen molar-refractivity contribution < 1.29 is 18.3 Å². The lowest BCUT2D eigenvalue weighted by Gasteiger charge is -2.16. The first kappa shape index (κ1) is 18.9. The molecule has 0 bridgehead atoms. The number of nitrogens with one attached hydrogen (secondary N) is 1. The lowest BCUT2D eigenvalue weighted by atomic mass is 10.1. The molecule has 0 unspecified atom stereocenters. The van der Waals surface area contributed by atoms with Gasteiger partial charge in [0.1, 0.15) is 12.4 Å². The van der Waals surface area contributed by atoms with E-state index in [9.17, 15) is 8.78 Å². The van der Waals surface area contributed by atoms with Gasteiger partial charge < -0.3 is 19.4 Å². The van der Waals surface area contributed by atoms with Gasteiger partial charge in [-0.3, -0.25) is 0 Å². The normalized spacial score (nSPS) is 17.6. The van der Waals surface area contributed by atoms with E-state index in [-0.39, 0.29) is 6.10 Å². The summed E-state index contributed by atoms with van der Waals surface area (Å²) in [5.41, 5.74) is 3.34. The van der Waals surface area contributed by atoms with Gasteiger partial charge in [-0.05, 0) is 36.1 Å². The topological polar surface area (TPSA) is 37.5 Å². The lowest BCUT2D eigenvalue weighted by molar-refractivity contribution is -0.158. The molecule has 2 aromatic carbocycles. The maximum Gasteiger partial charge on any atom is 0.345 e. The quantitative estimate of drug-likeness (QED) is 0.615. The number of benzene rings is 2. The number of ether oxygens (including phenoxy) is 2. The summed E-state index contributed by atoms with van der Waals surface area (Å²) in [6.07, 6.45) is 3.13. The summed E-state index contributed by atoms with van der Waals surface area (Å²) in [5, 5.41) is 1.10. The van der Waals surface area contributed by atoms with Crippen LogP contribution in [0.2, 0.25) is 0 Å². The Hall–Kier alpha value is -2.44. The second-order valence-electron chi connectivity index (χ2n) is 7.12. The van der Waals surface area contributed by atoms with Crippen LogP contribution in [-0.2, 0) is 17.8 Å². The monoisotopic (exact) mass is 386 g/mol. The number of hydrogen-bond donors (Lipinski definition) is 1. The minimum atomic E-state index is -2.69. The molecule has 2 heterocycles. The Morgan fingerprint density at radius 2 is 1.96 bits per heavy atom. The molecule has 1 aliphatic heterocycles. The molecule has 148 valence electrons. The maximum absolute atomic E-state index is 12.4. The molecule has 0 amide bonds. The van der Waals surface area contributed by atoms with E-state index in [1.807, 2.05) is 54.7 Å². The highest BCUT2D eigenvalue weighted by atomic mass is 19.3. The smallest absolute Gasteiger partial charge is 0.345 e. The SMILES string of the molecule is FC(F)O[C@H]1CCN(CCc2c[nH]c3cccc(OCc4ccccc4)c23)C1. The van der Waals surface area contributed by atoms with Crippen LogP contribution in [-0.4, -0.2) is 42.2 Å². The molecule has 1 fully saturated rings. The van der Waals surface area contributed by atoms with Gasteiger partial charge >= 0.3 is 6.61 Å². The van der Waals surface area contributed by atoms with E-state index < -0.39 is 6.61 Å². The van der Waals surface area contributed by atoms with Crippen molar-refractivity contribution in [3.8, 4) is 5.75 Å². The molecule has 3 aromatic rings. The summed E-state index contributed by atoms with van der Waals surface area (Å²) in [7, 11) is 0. The largest absolute Gasteiger partial charge is 0.488 e. The molecular weight excluding hydrogens is 362 g/mol. The van der Waals surface area contributed by atoms with Gasteiger partial charge in [0.2, 0.25) is 0 Å². The predicted molar refractivity (Wildman–Crippen MR) is 105 cm³/mol. The number of fused-ring (bicyclic) bond motifs is 1. The first-order valence-electron chi connectivity index (χ1n) is 9.60. The van der Waals surface area contributed by atoms with Crippen molar-refractivity contribution in [2.45, 2.75) is 32.2 Å². The van der Waals surface area contributed by atoms with E-state index in [1.165, 1.54) is 5.56 Å². The Labute approximate surface area is 163 Å². The van der Waals surface area contributed by atoms with Crippen LogP contribution in [0, 0.1) is 0 Å². The Morgan fingerprint density at radius 3 is 2.79 bits per heavy atom. The van der Waals surface area contributed by atoms with Gasteiger partial charge in [0, 0.05) is 36.7 Å². The van der Waals surface area contributed by atoms with E-state index in [4.69, 9.17) is 4.74 Å². The van der Waals surface area contributed by atoms with Crippen molar-refractivity contribution in [2.75, 3.05) is 19.6 Å². The third-order valence-electron chi connectivity index (χ3n) is 5.21. The number of likely N-dealkylation sites (tertiary alicyclic amines) is 1. The molecule has 1 aliphatic rings. The molecule has 0 aliphatic carbocycles. The van der Waals surface area contributed by atoms with Crippen molar-refractivity contribution in [3.63, 3.8) is 0 Å². The number of halogens is 2. The fourth-order valence-electron chi connectivity index (χ4n) is 3.81.